The van der Waals surface area contributed by atoms with E-state index in [1.165, 1.54) is 4.68 Å². The molecule has 3 rings (SSSR count). The van der Waals surface area contributed by atoms with Crippen LogP contribution < -0.4 is 5.32 Å². The van der Waals surface area contributed by atoms with E-state index in [1.807, 2.05) is 0 Å². The predicted octanol–water partition coefficient (Wildman–Crippen LogP) is 3.76. The molecule has 0 unspecified atom stereocenters. The Labute approximate surface area is 134 Å². The normalized spacial score (nSPS) is 10.6. The van der Waals surface area contributed by atoms with Crippen LogP contribution in [0.3, 0.4) is 0 Å². The first-order chi connectivity index (χ1) is 10.1. The minimum atomic E-state index is 0.0381. The number of halogens is 3. The van der Waals surface area contributed by atoms with Crippen LogP contribution in [-0.2, 0) is 0 Å². The van der Waals surface area contributed by atoms with Crippen molar-refractivity contribution in [3.63, 3.8) is 0 Å². The van der Waals surface area contributed by atoms with Gasteiger partial charge in [-0.05, 0) is 35.9 Å². The molecule has 0 fully saturated rings. The average molecular weight is 342 g/mol. The first-order valence-electron chi connectivity index (χ1n) is 5.75. The molecule has 0 saturated carbocycles. The van der Waals surface area contributed by atoms with Gasteiger partial charge in [0.25, 0.3) is 5.95 Å². The monoisotopic (exact) mass is 340 g/mol. The van der Waals surface area contributed by atoms with E-state index in [9.17, 15) is 0 Å². The van der Waals surface area contributed by atoms with Gasteiger partial charge < -0.3 is 5.32 Å². The lowest BCUT2D eigenvalue weighted by atomic mass is 10.3. The number of aromatic nitrogens is 5. The number of nitrogens with zero attached hydrogens (tertiary/aromatic N) is 5. The Morgan fingerprint density at radius 2 is 1.90 bits per heavy atom. The lowest BCUT2D eigenvalue weighted by Gasteiger charge is -2.08. The summed E-state index contributed by atoms with van der Waals surface area (Å²) in [5.41, 5.74) is 0.567. The molecule has 21 heavy (non-hydrogen) atoms. The van der Waals surface area contributed by atoms with Crippen molar-refractivity contribution in [3.05, 3.63) is 52.0 Å². The molecular weight excluding hydrogens is 335 g/mol. The lowest BCUT2D eigenvalue weighted by molar-refractivity contribution is 0.798. The summed E-state index contributed by atoms with van der Waals surface area (Å²) in [7, 11) is 0. The molecule has 1 aromatic carbocycles. The molecule has 1 N–H and O–H groups in total. The second-order valence-corrected chi connectivity index (χ2v) is 5.11. The number of hydrogen-bond donors (Lipinski definition) is 1. The number of benzene rings is 1. The highest BCUT2D eigenvalue weighted by atomic mass is 35.5. The van der Waals surface area contributed by atoms with Crippen molar-refractivity contribution < 1.29 is 0 Å². The molecule has 2 heterocycles. The van der Waals surface area contributed by atoms with E-state index in [0.717, 1.165) is 0 Å². The van der Waals surface area contributed by atoms with E-state index in [-0.39, 0.29) is 11.2 Å². The molecule has 0 radical (unpaired) electrons. The summed E-state index contributed by atoms with van der Waals surface area (Å²) in [4.78, 5) is 12.2. The van der Waals surface area contributed by atoms with Gasteiger partial charge in [-0.2, -0.15) is 20.1 Å². The second-order valence-electron chi connectivity index (χ2n) is 3.93. The van der Waals surface area contributed by atoms with E-state index >= 15 is 0 Å². The molecule has 0 aliphatic carbocycles. The maximum atomic E-state index is 6.08. The van der Waals surface area contributed by atoms with Crippen molar-refractivity contribution in [2.24, 2.45) is 0 Å². The van der Waals surface area contributed by atoms with Gasteiger partial charge in [-0.1, -0.05) is 23.2 Å². The zero-order chi connectivity index (χ0) is 14.8. The van der Waals surface area contributed by atoms with Gasteiger partial charge in [0.15, 0.2) is 0 Å². The zero-order valence-electron chi connectivity index (χ0n) is 10.3. The quantitative estimate of drug-likeness (QED) is 0.785. The molecular formula is C12H7Cl3N6. The number of anilines is 2. The van der Waals surface area contributed by atoms with Crippen LogP contribution in [0.15, 0.2) is 36.7 Å². The second kappa shape index (κ2) is 5.85. The molecule has 0 amide bonds. The molecule has 2 aromatic heterocycles. The molecule has 3 aromatic rings. The van der Waals surface area contributed by atoms with Crippen LogP contribution in [0, 0.1) is 0 Å². The molecule has 0 atom stereocenters. The Hall–Kier alpha value is -1.89. The number of nitrogens with one attached hydrogen (secondary N) is 1. The highest BCUT2D eigenvalue weighted by Gasteiger charge is 2.09. The third-order valence-electron chi connectivity index (χ3n) is 2.48. The minimum Gasteiger partial charge on any atom is -0.323 e. The fraction of sp³-hybridized carbons (Fsp3) is 0. The molecule has 6 nitrogen and oxygen atoms in total. The van der Waals surface area contributed by atoms with Gasteiger partial charge in [0.2, 0.25) is 11.2 Å². The van der Waals surface area contributed by atoms with Gasteiger partial charge in [-0.25, -0.2) is 4.68 Å². The molecule has 106 valence electrons. The largest absolute Gasteiger partial charge is 0.323 e. The summed E-state index contributed by atoms with van der Waals surface area (Å²) in [6.45, 7) is 0. The van der Waals surface area contributed by atoms with Crippen molar-refractivity contribution >= 4 is 46.4 Å². The third-order valence-corrected chi connectivity index (χ3v) is 3.21. The Morgan fingerprint density at radius 3 is 2.67 bits per heavy atom. The zero-order valence-corrected chi connectivity index (χ0v) is 12.6. The van der Waals surface area contributed by atoms with Crippen molar-refractivity contribution in [1.29, 1.82) is 0 Å². The lowest BCUT2D eigenvalue weighted by Crippen LogP contribution is -2.07. The Morgan fingerprint density at radius 1 is 1.05 bits per heavy atom. The van der Waals surface area contributed by atoms with Gasteiger partial charge in [0, 0.05) is 17.4 Å². The molecule has 0 spiro atoms. The van der Waals surface area contributed by atoms with Gasteiger partial charge in [0.1, 0.15) is 0 Å². The smallest absolute Gasteiger partial charge is 0.256 e. The van der Waals surface area contributed by atoms with Crippen molar-refractivity contribution in [3.8, 4) is 5.95 Å². The van der Waals surface area contributed by atoms with Gasteiger partial charge in [-0.3, -0.25) is 0 Å². The minimum absolute atomic E-state index is 0.0381. The Balaban J connectivity index is 1.97. The van der Waals surface area contributed by atoms with Gasteiger partial charge in [0.05, 0.1) is 10.7 Å². The van der Waals surface area contributed by atoms with E-state index in [1.54, 1.807) is 36.7 Å². The Bertz CT molecular complexity index is 775. The van der Waals surface area contributed by atoms with Crippen LogP contribution in [0.4, 0.5) is 11.6 Å². The maximum absolute atomic E-state index is 6.08. The Kier molecular flexibility index (Phi) is 3.92. The predicted molar refractivity (Wildman–Crippen MR) is 81.7 cm³/mol. The SMILES string of the molecule is Clc1ccc(Cl)c(Nc2nc(Cl)nc(-n3cccn3)n2)c1. The van der Waals surface area contributed by atoms with Gasteiger partial charge in [-0.15, -0.1) is 0 Å². The molecule has 0 saturated heterocycles. The van der Waals surface area contributed by atoms with Crippen LogP contribution in [0.2, 0.25) is 15.3 Å². The summed E-state index contributed by atoms with van der Waals surface area (Å²) in [5.74, 6) is 0.533. The highest BCUT2D eigenvalue weighted by molar-refractivity contribution is 6.35. The fourth-order valence-electron chi connectivity index (χ4n) is 1.60. The standard InChI is InChI=1S/C12H7Cl3N6/c13-7-2-3-8(14)9(6-7)17-11-18-10(15)19-12(20-11)21-5-1-4-16-21/h1-6H,(H,17,18,19,20). The number of rotatable bonds is 3. The summed E-state index contributed by atoms with van der Waals surface area (Å²) in [6.07, 6.45) is 3.31. The summed E-state index contributed by atoms with van der Waals surface area (Å²) >= 11 is 17.9. The molecule has 0 bridgehead atoms. The first-order valence-corrected chi connectivity index (χ1v) is 6.89. The van der Waals surface area contributed by atoms with Crippen LogP contribution in [0.5, 0.6) is 0 Å². The first kappa shape index (κ1) is 14.1. The van der Waals surface area contributed by atoms with Crippen LogP contribution in [0.25, 0.3) is 5.95 Å². The van der Waals surface area contributed by atoms with E-state index < -0.39 is 0 Å². The highest BCUT2D eigenvalue weighted by Crippen LogP contribution is 2.27. The van der Waals surface area contributed by atoms with E-state index in [2.05, 4.69) is 25.4 Å². The van der Waals surface area contributed by atoms with Crippen LogP contribution in [0.1, 0.15) is 0 Å². The third kappa shape index (κ3) is 3.24. The molecule has 0 aliphatic rings. The van der Waals surface area contributed by atoms with E-state index in [4.69, 9.17) is 34.8 Å². The van der Waals surface area contributed by atoms with E-state index in [0.29, 0.717) is 21.7 Å². The molecule has 0 aliphatic heterocycles. The van der Waals surface area contributed by atoms with Crippen LogP contribution in [-0.4, -0.2) is 24.7 Å². The average Bonchev–Trinajstić information content (AvgIpc) is 2.96. The van der Waals surface area contributed by atoms with Crippen molar-refractivity contribution in [2.45, 2.75) is 0 Å². The molecule has 9 heteroatoms. The van der Waals surface area contributed by atoms with Crippen molar-refractivity contribution in [2.75, 3.05) is 5.32 Å². The van der Waals surface area contributed by atoms with Crippen molar-refractivity contribution in [1.82, 2.24) is 24.7 Å². The van der Waals surface area contributed by atoms with Gasteiger partial charge >= 0.3 is 0 Å². The summed E-state index contributed by atoms with van der Waals surface area (Å²) in [5, 5.41) is 8.05. The van der Waals surface area contributed by atoms with Crippen LogP contribution >= 0.6 is 34.8 Å². The number of hydrogen-bond acceptors (Lipinski definition) is 5. The maximum Gasteiger partial charge on any atom is 0.256 e. The summed E-state index contributed by atoms with van der Waals surface area (Å²) < 4.78 is 1.47. The topological polar surface area (TPSA) is 68.5 Å². The summed E-state index contributed by atoms with van der Waals surface area (Å²) in [6, 6.07) is 6.77. The fourth-order valence-corrected chi connectivity index (χ4v) is 2.09.